The minimum absolute atomic E-state index is 0.198. The Morgan fingerprint density at radius 2 is 1.96 bits per heavy atom. The van der Waals surface area contributed by atoms with E-state index in [1.165, 1.54) is 40.6 Å². The lowest BCUT2D eigenvalue weighted by atomic mass is 9.89. The number of amides is 1. The van der Waals surface area contributed by atoms with E-state index in [2.05, 4.69) is 47.7 Å². The number of aromatic amines is 1. The Balaban J connectivity index is 1.34. The number of H-pyrrole nitrogens is 1. The highest BCUT2D eigenvalue weighted by Gasteiger charge is 2.34. The number of benzene rings is 1. The van der Waals surface area contributed by atoms with Crippen LogP contribution in [0, 0.1) is 19.8 Å². The highest BCUT2D eigenvalue weighted by molar-refractivity contribution is 5.85. The lowest BCUT2D eigenvalue weighted by Gasteiger charge is -2.28. The van der Waals surface area contributed by atoms with Gasteiger partial charge in [0.05, 0.1) is 0 Å². The van der Waals surface area contributed by atoms with Crippen LogP contribution in [0.5, 0.6) is 0 Å². The Hall–Kier alpha value is -1.81. The van der Waals surface area contributed by atoms with Crippen molar-refractivity contribution in [2.45, 2.75) is 64.6 Å². The average Bonchev–Trinajstić information content (AvgIpc) is 3.05. The van der Waals surface area contributed by atoms with Gasteiger partial charge in [0.25, 0.3) is 0 Å². The molecule has 128 valence electrons. The second kappa shape index (κ2) is 6.25. The third-order valence-corrected chi connectivity index (χ3v) is 5.91. The van der Waals surface area contributed by atoms with Crippen LogP contribution in [0.1, 0.15) is 48.9 Å². The van der Waals surface area contributed by atoms with Crippen LogP contribution in [0.4, 0.5) is 0 Å². The van der Waals surface area contributed by atoms with Gasteiger partial charge in [0.15, 0.2) is 0 Å². The van der Waals surface area contributed by atoms with Gasteiger partial charge in [0, 0.05) is 41.6 Å². The lowest BCUT2D eigenvalue weighted by Crippen LogP contribution is -2.39. The van der Waals surface area contributed by atoms with Crippen LogP contribution >= 0.6 is 0 Å². The summed E-state index contributed by atoms with van der Waals surface area (Å²) in [6, 6.07) is 7.72. The van der Waals surface area contributed by atoms with E-state index in [9.17, 15) is 4.79 Å². The zero-order valence-electron chi connectivity index (χ0n) is 14.6. The first-order valence-electron chi connectivity index (χ1n) is 9.19. The molecule has 3 N–H and O–H groups in total. The molecule has 4 rings (SSSR count). The molecule has 2 bridgehead atoms. The van der Waals surface area contributed by atoms with Gasteiger partial charge >= 0.3 is 0 Å². The highest BCUT2D eigenvalue weighted by Crippen LogP contribution is 2.32. The lowest BCUT2D eigenvalue weighted by molar-refractivity contribution is -0.122. The van der Waals surface area contributed by atoms with Gasteiger partial charge in [-0.15, -0.1) is 0 Å². The number of nitrogens with one attached hydrogen (secondary N) is 3. The molecule has 3 heterocycles. The second-order valence-electron chi connectivity index (χ2n) is 7.71. The van der Waals surface area contributed by atoms with Gasteiger partial charge in [-0.1, -0.05) is 6.07 Å². The maximum Gasteiger partial charge on any atom is 0.220 e. The van der Waals surface area contributed by atoms with Gasteiger partial charge in [0.1, 0.15) is 0 Å². The summed E-state index contributed by atoms with van der Waals surface area (Å²) in [6.45, 7) is 4.86. The van der Waals surface area contributed by atoms with Crippen molar-refractivity contribution in [1.29, 1.82) is 0 Å². The Bertz CT molecular complexity index is 752. The van der Waals surface area contributed by atoms with Crippen LogP contribution in [0.25, 0.3) is 10.9 Å². The smallest absolute Gasteiger partial charge is 0.220 e. The van der Waals surface area contributed by atoms with Gasteiger partial charge < -0.3 is 15.6 Å². The largest absolute Gasteiger partial charge is 0.358 e. The number of rotatable bonds is 4. The molecule has 4 heteroatoms. The topological polar surface area (TPSA) is 56.9 Å². The van der Waals surface area contributed by atoms with Crippen molar-refractivity contribution < 1.29 is 4.79 Å². The zero-order chi connectivity index (χ0) is 16.7. The average molecular weight is 325 g/mol. The van der Waals surface area contributed by atoms with Crippen molar-refractivity contribution in [3.05, 3.63) is 35.0 Å². The van der Waals surface area contributed by atoms with Crippen LogP contribution in [-0.4, -0.2) is 23.0 Å². The van der Waals surface area contributed by atoms with Crippen molar-refractivity contribution in [2.75, 3.05) is 0 Å². The Morgan fingerprint density at radius 1 is 1.21 bits per heavy atom. The van der Waals surface area contributed by atoms with Crippen LogP contribution in [0.2, 0.25) is 0 Å². The minimum atomic E-state index is 0.198. The number of hydrogen-bond donors (Lipinski definition) is 3. The molecule has 2 aliphatic rings. The van der Waals surface area contributed by atoms with Crippen LogP contribution in [0.3, 0.4) is 0 Å². The third-order valence-electron chi connectivity index (χ3n) is 5.91. The standard InChI is InChI=1S/C20H27N3O/c1-12-13(2)22-19-6-3-14(9-18(12)19)11-21-20(24)10-15-7-16-4-5-17(8-15)23-16/h3,6,9,15-17,22-23H,4-5,7-8,10-11H2,1-2H3,(H,21,24). The third kappa shape index (κ3) is 3.07. The molecule has 0 aliphatic carbocycles. The summed E-state index contributed by atoms with van der Waals surface area (Å²) in [6.07, 6.45) is 5.59. The quantitative estimate of drug-likeness (QED) is 0.807. The number of aromatic nitrogens is 1. The van der Waals surface area contributed by atoms with Crippen molar-refractivity contribution in [3.8, 4) is 0 Å². The molecule has 0 radical (unpaired) electrons. The van der Waals surface area contributed by atoms with Crippen LogP contribution in [-0.2, 0) is 11.3 Å². The summed E-state index contributed by atoms with van der Waals surface area (Å²) in [4.78, 5) is 15.7. The van der Waals surface area contributed by atoms with E-state index in [1.54, 1.807) is 0 Å². The van der Waals surface area contributed by atoms with Crippen molar-refractivity contribution >= 4 is 16.8 Å². The SMILES string of the molecule is Cc1[nH]c2ccc(CNC(=O)CC3CC4CCC(C3)N4)cc2c1C. The van der Waals surface area contributed by atoms with Gasteiger partial charge in [-0.3, -0.25) is 4.79 Å². The van der Waals surface area contributed by atoms with E-state index in [1.807, 2.05) is 0 Å². The molecule has 1 amide bonds. The number of carbonyl (C=O) groups is 1. The molecule has 2 atom stereocenters. The molecular formula is C20H27N3O. The summed E-state index contributed by atoms with van der Waals surface area (Å²) in [7, 11) is 0. The fourth-order valence-electron chi connectivity index (χ4n) is 4.50. The molecule has 2 aromatic rings. The van der Waals surface area contributed by atoms with E-state index in [4.69, 9.17) is 0 Å². The van der Waals surface area contributed by atoms with Crippen molar-refractivity contribution in [2.24, 2.45) is 5.92 Å². The molecule has 24 heavy (non-hydrogen) atoms. The van der Waals surface area contributed by atoms with E-state index >= 15 is 0 Å². The number of hydrogen-bond acceptors (Lipinski definition) is 2. The summed E-state index contributed by atoms with van der Waals surface area (Å²) in [5.74, 6) is 0.754. The van der Waals surface area contributed by atoms with Crippen molar-refractivity contribution in [1.82, 2.24) is 15.6 Å². The number of piperidine rings is 1. The summed E-state index contributed by atoms with van der Waals surface area (Å²) < 4.78 is 0. The normalized spacial score (nSPS) is 26.0. The predicted molar refractivity (Wildman–Crippen MR) is 96.9 cm³/mol. The van der Waals surface area contributed by atoms with E-state index < -0.39 is 0 Å². The first-order valence-corrected chi connectivity index (χ1v) is 9.19. The second-order valence-corrected chi connectivity index (χ2v) is 7.71. The Labute approximate surface area is 143 Å². The minimum Gasteiger partial charge on any atom is -0.358 e. The van der Waals surface area contributed by atoms with Gasteiger partial charge in [-0.05, 0) is 68.7 Å². The summed E-state index contributed by atoms with van der Waals surface area (Å²) in [5, 5.41) is 8.02. The zero-order valence-corrected chi connectivity index (χ0v) is 14.6. The number of fused-ring (bicyclic) bond motifs is 3. The molecular weight excluding hydrogens is 298 g/mol. The van der Waals surface area contributed by atoms with E-state index in [-0.39, 0.29) is 5.91 Å². The predicted octanol–water partition coefficient (Wildman–Crippen LogP) is 3.32. The molecule has 4 nitrogen and oxygen atoms in total. The molecule has 2 saturated heterocycles. The summed E-state index contributed by atoms with van der Waals surface area (Å²) >= 11 is 0. The molecule has 1 aromatic heterocycles. The monoisotopic (exact) mass is 325 g/mol. The summed E-state index contributed by atoms with van der Waals surface area (Å²) in [5.41, 5.74) is 4.85. The van der Waals surface area contributed by atoms with E-state index in [0.29, 0.717) is 31.0 Å². The molecule has 0 saturated carbocycles. The number of aryl methyl sites for hydroxylation is 2. The fraction of sp³-hybridized carbons (Fsp3) is 0.550. The number of carbonyl (C=O) groups excluding carboxylic acids is 1. The highest BCUT2D eigenvalue weighted by atomic mass is 16.1. The van der Waals surface area contributed by atoms with Gasteiger partial charge in [0.2, 0.25) is 5.91 Å². The van der Waals surface area contributed by atoms with Gasteiger partial charge in [-0.25, -0.2) is 0 Å². The Morgan fingerprint density at radius 3 is 2.71 bits per heavy atom. The molecule has 2 aliphatic heterocycles. The van der Waals surface area contributed by atoms with E-state index in [0.717, 1.165) is 12.8 Å². The first-order chi connectivity index (χ1) is 11.6. The van der Waals surface area contributed by atoms with Crippen molar-refractivity contribution in [3.63, 3.8) is 0 Å². The molecule has 2 unspecified atom stereocenters. The molecule has 0 spiro atoms. The maximum atomic E-state index is 12.3. The fourth-order valence-corrected chi connectivity index (χ4v) is 4.50. The molecule has 1 aromatic carbocycles. The van der Waals surface area contributed by atoms with Gasteiger partial charge in [-0.2, -0.15) is 0 Å². The maximum absolute atomic E-state index is 12.3. The van der Waals surface area contributed by atoms with Crippen LogP contribution in [0.15, 0.2) is 18.2 Å². The Kier molecular flexibility index (Phi) is 4.09. The molecule has 2 fully saturated rings. The van der Waals surface area contributed by atoms with Crippen LogP contribution < -0.4 is 10.6 Å². The first kappa shape index (κ1) is 15.7.